The van der Waals surface area contributed by atoms with Gasteiger partial charge in [0.25, 0.3) is 5.91 Å². The summed E-state index contributed by atoms with van der Waals surface area (Å²) in [4.78, 5) is 15.0. The number of ether oxygens (including phenoxy) is 1. The van der Waals surface area contributed by atoms with Crippen LogP contribution in [-0.4, -0.2) is 26.1 Å². The predicted octanol–water partition coefficient (Wildman–Crippen LogP) is 3.27. The number of nitrogens with one attached hydrogen (secondary N) is 2. The molecule has 1 heterocycles. The second-order valence-corrected chi connectivity index (χ2v) is 7.78. The number of amides is 1. The SMILES string of the molecule is C[NH+](CC(=O)N[C@H](c1ccccc1)c1ccc(OC(F)F)cc1)Cc1cccs1. The molecule has 2 atom stereocenters. The van der Waals surface area contributed by atoms with Crippen LogP contribution in [0.4, 0.5) is 8.78 Å². The lowest BCUT2D eigenvalue weighted by Gasteiger charge is -2.21. The number of likely N-dealkylation sites (N-methyl/N-ethyl adjacent to an activating group) is 1. The summed E-state index contributed by atoms with van der Waals surface area (Å²) >= 11 is 1.67. The molecule has 7 heteroatoms. The van der Waals surface area contributed by atoms with E-state index in [2.05, 4.69) is 16.1 Å². The highest BCUT2D eigenvalue weighted by molar-refractivity contribution is 7.09. The maximum absolute atomic E-state index is 12.7. The topological polar surface area (TPSA) is 42.8 Å². The van der Waals surface area contributed by atoms with E-state index in [1.807, 2.05) is 48.8 Å². The first kappa shape index (κ1) is 21.0. The number of hydrogen-bond acceptors (Lipinski definition) is 3. The number of halogens is 2. The fraction of sp³-hybridized carbons (Fsp3) is 0.227. The molecule has 0 radical (unpaired) electrons. The Kier molecular flexibility index (Phi) is 7.32. The molecule has 0 fully saturated rings. The summed E-state index contributed by atoms with van der Waals surface area (Å²) in [7, 11) is 1.98. The van der Waals surface area contributed by atoms with E-state index in [0.717, 1.165) is 22.6 Å². The lowest BCUT2D eigenvalue weighted by Crippen LogP contribution is -3.08. The molecule has 1 aromatic heterocycles. The molecule has 4 nitrogen and oxygen atoms in total. The van der Waals surface area contributed by atoms with E-state index < -0.39 is 6.61 Å². The van der Waals surface area contributed by atoms with Crippen molar-refractivity contribution in [2.24, 2.45) is 0 Å². The molecule has 0 bridgehead atoms. The first-order valence-electron chi connectivity index (χ1n) is 9.24. The van der Waals surface area contributed by atoms with Crippen LogP contribution in [0.1, 0.15) is 22.0 Å². The molecule has 0 saturated heterocycles. The Morgan fingerprint density at radius 2 is 1.72 bits per heavy atom. The second-order valence-electron chi connectivity index (χ2n) is 6.75. The number of benzene rings is 2. The van der Waals surface area contributed by atoms with Gasteiger partial charge >= 0.3 is 6.61 Å². The second kappa shape index (κ2) is 10.1. The Labute approximate surface area is 172 Å². The zero-order chi connectivity index (χ0) is 20.6. The molecule has 2 N–H and O–H groups in total. The van der Waals surface area contributed by atoms with Gasteiger partial charge in [0, 0.05) is 0 Å². The lowest BCUT2D eigenvalue weighted by atomic mass is 9.98. The van der Waals surface area contributed by atoms with Crippen LogP contribution in [0.5, 0.6) is 5.75 Å². The van der Waals surface area contributed by atoms with Crippen molar-refractivity contribution < 1.29 is 23.2 Å². The zero-order valence-corrected chi connectivity index (χ0v) is 16.8. The van der Waals surface area contributed by atoms with Crippen LogP contribution in [0.2, 0.25) is 0 Å². The number of carbonyl (C=O) groups is 1. The third kappa shape index (κ3) is 6.37. The third-order valence-corrected chi connectivity index (χ3v) is 5.27. The quantitative estimate of drug-likeness (QED) is 0.561. The molecule has 0 aliphatic heterocycles. The minimum Gasteiger partial charge on any atom is -0.435 e. The molecule has 0 aliphatic carbocycles. The van der Waals surface area contributed by atoms with Crippen molar-refractivity contribution in [3.63, 3.8) is 0 Å². The molecule has 0 spiro atoms. The van der Waals surface area contributed by atoms with Gasteiger partial charge in [0.15, 0.2) is 6.54 Å². The number of rotatable bonds is 9. The third-order valence-electron chi connectivity index (χ3n) is 4.40. The first-order chi connectivity index (χ1) is 14.0. The summed E-state index contributed by atoms with van der Waals surface area (Å²) in [6.45, 7) is -1.76. The van der Waals surface area contributed by atoms with Gasteiger partial charge in [0.2, 0.25) is 0 Å². The zero-order valence-electron chi connectivity index (χ0n) is 16.0. The average Bonchev–Trinajstić information content (AvgIpc) is 3.20. The van der Waals surface area contributed by atoms with E-state index >= 15 is 0 Å². The fourth-order valence-corrected chi connectivity index (χ4v) is 3.92. The van der Waals surface area contributed by atoms with E-state index in [1.165, 1.54) is 17.0 Å². The summed E-state index contributed by atoms with van der Waals surface area (Å²) in [5.74, 6) is 0.00262. The van der Waals surface area contributed by atoms with Crippen molar-refractivity contribution >= 4 is 17.2 Å². The van der Waals surface area contributed by atoms with Crippen LogP contribution in [0.3, 0.4) is 0 Å². The van der Waals surface area contributed by atoms with E-state index in [-0.39, 0.29) is 17.7 Å². The van der Waals surface area contributed by atoms with Gasteiger partial charge in [0.05, 0.1) is 18.0 Å². The summed E-state index contributed by atoms with van der Waals surface area (Å²) in [5, 5.41) is 5.10. The highest BCUT2D eigenvalue weighted by Gasteiger charge is 2.19. The van der Waals surface area contributed by atoms with E-state index in [4.69, 9.17) is 0 Å². The molecule has 0 saturated carbocycles. The van der Waals surface area contributed by atoms with Crippen molar-refractivity contribution in [1.29, 1.82) is 0 Å². The van der Waals surface area contributed by atoms with Crippen molar-refractivity contribution in [2.75, 3.05) is 13.6 Å². The highest BCUT2D eigenvalue weighted by Crippen LogP contribution is 2.24. The molecule has 1 amide bonds. The number of alkyl halides is 2. The molecule has 0 aliphatic rings. The maximum Gasteiger partial charge on any atom is 0.387 e. The maximum atomic E-state index is 12.7. The molecule has 1 unspecified atom stereocenters. The highest BCUT2D eigenvalue weighted by atomic mass is 32.1. The molecule has 3 aromatic rings. The van der Waals surface area contributed by atoms with Gasteiger partial charge < -0.3 is 15.0 Å². The Morgan fingerprint density at radius 1 is 1.03 bits per heavy atom. The molecule has 29 heavy (non-hydrogen) atoms. The van der Waals surface area contributed by atoms with Crippen molar-refractivity contribution in [2.45, 2.75) is 19.2 Å². The molecule has 3 rings (SSSR count). The largest absolute Gasteiger partial charge is 0.435 e. The van der Waals surface area contributed by atoms with E-state index in [0.29, 0.717) is 6.54 Å². The van der Waals surface area contributed by atoms with Gasteiger partial charge in [-0.25, -0.2) is 0 Å². The van der Waals surface area contributed by atoms with E-state index in [1.54, 1.807) is 23.5 Å². The average molecular weight is 418 g/mol. The van der Waals surface area contributed by atoms with Crippen LogP contribution in [-0.2, 0) is 11.3 Å². The Balaban J connectivity index is 1.71. The summed E-state index contributed by atoms with van der Waals surface area (Å²) in [5.41, 5.74) is 1.71. The first-order valence-corrected chi connectivity index (χ1v) is 10.1. The van der Waals surface area contributed by atoms with Crippen molar-refractivity contribution in [3.8, 4) is 5.75 Å². The van der Waals surface area contributed by atoms with E-state index in [9.17, 15) is 13.6 Å². The lowest BCUT2D eigenvalue weighted by molar-refractivity contribution is -0.885. The summed E-state index contributed by atoms with van der Waals surface area (Å²) in [6, 6.07) is 19.6. The standard InChI is InChI=1S/C22H22F2N2O2S/c1-26(14-19-8-5-13-29-19)15-20(27)25-21(16-6-3-2-4-7-16)17-9-11-18(12-10-17)28-22(23)24/h2-13,21-22H,14-15H2,1H3,(H,25,27)/p+1/t21-/m1/s1. The van der Waals surface area contributed by atoms with Crippen molar-refractivity contribution in [3.05, 3.63) is 88.1 Å². The summed E-state index contributed by atoms with van der Waals surface area (Å²) < 4.78 is 29.2. The minimum absolute atomic E-state index is 0.0826. The fourth-order valence-electron chi connectivity index (χ4n) is 3.11. The molecule has 2 aromatic carbocycles. The molecule has 152 valence electrons. The van der Waals surface area contributed by atoms with Crippen LogP contribution in [0.25, 0.3) is 0 Å². The normalized spacial score (nSPS) is 13.1. The molecular weight excluding hydrogens is 394 g/mol. The van der Waals surface area contributed by atoms with Gasteiger partial charge in [0.1, 0.15) is 12.3 Å². The minimum atomic E-state index is -2.87. The predicted molar refractivity (Wildman–Crippen MR) is 109 cm³/mol. The van der Waals surface area contributed by atoms with Crippen LogP contribution < -0.4 is 15.0 Å². The molecular formula is C22H23F2N2O2S+. The van der Waals surface area contributed by atoms with Gasteiger partial charge in [-0.1, -0.05) is 48.5 Å². The van der Waals surface area contributed by atoms with Crippen LogP contribution >= 0.6 is 11.3 Å². The number of quaternary nitrogens is 1. The number of carbonyl (C=O) groups excluding carboxylic acids is 1. The smallest absolute Gasteiger partial charge is 0.387 e. The number of thiophene rings is 1. The van der Waals surface area contributed by atoms with Gasteiger partial charge in [-0.3, -0.25) is 4.79 Å². The Hall–Kier alpha value is -2.77. The van der Waals surface area contributed by atoms with Gasteiger partial charge in [-0.05, 0) is 34.7 Å². The monoisotopic (exact) mass is 417 g/mol. The van der Waals surface area contributed by atoms with Crippen molar-refractivity contribution in [1.82, 2.24) is 5.32 Å². The van der Waals surface area contributed by atoms with Gasteiger partial charge in [-0.15, -0.1) is 11.3 Å². The summed E-state index contributed by atoms with van der Waals surface area (Å²) in [6.07, 6.45) is 0. The Morgan fingerprint density at radius 3 is 2.34 bits per heavy atom. The Bertz CT molecular complexity index is 887. The van der Waals surface area contributed by atoms with Crippen LogP contribution in [0, 0.1) is 0 Å². The number of hydrogen-bond donors (Lipinski definition) is 2. The van der Waals surface area contributed by atoms with Gasteiger partial charge in [-0.2, -0.15) is 8.78 Å². The van der Waals surface area contributed by atoms with Crippen LogP contribution in [0.15, 0.2) is 72.1 Å².